The molecule has 0 unspecified atom stereocenters. The van der Waals surface area contributed by atoms with Crippen molar-refractivity contribution in [3.8, 4) is 11.5 Å². The third-order valence-corrected chi connectivity index (χ3v) is 4.90. The summed E-state index contributed by atoms with van der Waals surface area (Å²) in [4.78, 5) is 12.4. The summed E-state index contributed by atoms with van der Waals surface area (Å²) in [5.41, 5.74) is 2.40. The Kier molecular flexibility index (Phi) is 7.93. The number of methoxy groups -OCH3 is 2. The maximum absolute atomic E-state index is 12.4. The molecule has 1 atom stereocenters. The molecule has 28 heavy (non-hydrogen) atoms. The largest absolute Gasteiger partial charge is 0.497 e. The minimum atomic E-state index is -0.258. The van der Waals surface area contributed by atoms with Gasteiger partial charge in [0.25, 0.3) is 0 Å². The number of nitrogens with one attached hydrogen (secondary N) is 1. The highest BCUT2D eigenvalue weighted by atomic mass is 35.5. The van der Waals surface area contributed by atoms with E-state index in [-0.39, 0.29) is 11.9 Å². The molecule has 1 aromatic carbocycles. The Bertz CT molecular complexity index is 846. The third kappa shape index (κ3) is 5.29. The number of benzene rings is 1. The number of nitrogens with zero attached hydrogens (tertiary/aromatic N) is 2. The number of rotatable bonds is 9. The highest BCUT2D eigenvalue weighted by Gasteiger charge is 2.15. The van der Waals surface area contributed by atoms with Gasteiger partial charge in [-0.05, 0) is 44.5 Å². The van der Waals surface area contributed by atoms with E-state index in [2.05, 4.69) is 17.3 Å². The molecule has 0 saturated carbocycles. The molecule has 1 N–H and O–H groups in total. The van der Waals surface area contributed by atoms with Crippen molar-refractivity contribution in [2.45, 2.75) is 46.2 Å². The second kappa shape index (κ2) is 10.2. The van der Waals surface area contributed by atoms with Crippen LogP contribution in [0.1, 0.15) is 49.6 Å². The van der Waals surface area contributed by atoms with Crippen LogP contribution >= 0.6 is 11.6 Å². The van der Waals surface area contributed by atoms with E-state index in [1.807, 2.05) is 32.0 Å². The fourth-order valence-electron chi connectivity index (χ4n) is 2.89. The van der Waals surface area contributed by atoms with Crippen LogP contribution in [0.2, 0.25) is 5.15 Å². The van der Waals surface area contributed by atoms with E-state index in [4.69, 9.17) is 21.1 Å². The van der Waals surface area contributed by atoms with Crippen molar-refractivity contribution in [1.29, 1.82) is 0 Å². The average Bonchev–Trinajstić information content (AvgIpc) is 2.96. The SMILES string of the molecule is CCCCn1nc(C)c(/C=C/C(=O)N[C@@H](C)c2cc(OC)ccc2OC)c1Cl. The maximum atomic E-state index is 12.4. The standard InChI is InChI=1S/C21H28ClN3O3/c1-6-7-12-25-21(22)17(15(3)24-25)9-11-20(26)23-14(2)18-13-16(27-4)8-10-19(18)28-5/h8-11,13-14H,6-7,12H2,1-5H3,(H,23,26)/b11-9+/t14-/m0/s1. The summed E-state index contributed by atoms with van der Waals surface area (Å²) in [6.07, 6.45) is 5.25. The first-order valence-corrected chi connectivity index (χ1v) is 9.72. The number of carbonyl (C=O) groups is 1. The Morgan fingerprint density at radius 2 is 2.11 bits per heavy atom. The van der Waals surface area contributed by atoms with Crippen LogP contribution in [0.5, 0.6) is 11.5 Å². The number of ether oxygens (including phenoxy) is 2. The fourth-order valence-corrected chi connectivity index (χ4v) is 3.21. The van der Waals surface area contributed by atoms with E-state index >= 15 is 0 Å². The summed E-state index contributed by atoms with van der Waals surface area (Å²) in [6.45, 7) is 6.66. The molecule has 0 fully saturated rings. The normalized spacial score (nSPS) is 12.2. The lowest BCUT2D eigenvalue weighted by atomic mass is 10.1. The molecule has 6 nitrogen and oxygen atoms in total. The van der Waals surface area contributed by atoms with Crippen LogP contribution in [-0.4, -0.2) is 29.9 Å². The molecule has 0 aliphatic rings. The number of carbonyl (C=O) groups excluding carboxylic acids is 1. The smallest absolute Gasteiger partial charge is 0.244 e. The van der Waals surface area contributed by atoms with Gasteiger partial charge in [-0.2, -0.15) is 5.10 Å². The molecule has 152 valence electrons. The zero-order chi connectivity index (χ0) is 20.7. The fraction of sp³-hybridized carbons (Fsp3) is 0.429. The van der Waals surface area contributed by atoms with Crippen molar-refractivity contribution >= 4 is 23.6 Å². The van der Waals surface area contributed by atoms with Gasteiger partial charge in [0.2, 0.25) is 5.91 Å². The number of hydrogen-bond donors (Lipinski definition) is 1. The summed E-state index contributed by atoms with van der Waals surface area (Å²) < 4.78 is 12.4. The van der Waals surface area contributed by atoms with Gasteiger partial charge in [-0.1, -0.05) is 24.9 Å². The van der Waals surface area contributed by atoms with Crippen LogP contribution in [0.4, 0.5) is 0 Å². The summed E-state index contributed by atoms with van der Waals surface area (Å²) >= 11 is 6.41. The molecule has 0 bridgehead atoms. The number of hydrogen-bond acceptors (Lipinski definition) is 4. The molecule has 0 saturated heterocycles. The Morgan fingerprint density at radius 1 is 1.36 bits per heavy atom. The Hall–Kier alpha value is -2.47. The molecule has 2 aromatic rings. The van der Waals surface area contributed by atoms with Crippen molar-refractivity contribution in [2.24, 2.45) is 0 Å². The quantitative estimate of drug-likeness (QED) is 0.621. The van der Waals surface area contributed by atoms with Crippen LogP contribution in [0, 0.1) is 6.92 Å². The molecular formula is C21H28ClN3O3. The molecule has 1 amide bonds. The molecule has 0 aliphatic carbocycles. The number of halogens is 1. The van der Waals surface area contributed by atoms with E-state index < -0.39 is 0 Å². The van der Waals surface area contributed by atoms with Crippen molar-refractivity contribution in [3.05, 3.63) is 46.2 Å². The van der Waals surface area contributed by atoms with E-state index in [1.165, 1.54) is 6.08 Å². The third-order valence-electron chi connectivity index (χ3n) is 4.50. The van der Waals surface area contributed by atoms with Gasteiger partial charge in [0, 0.05) is 23.7 Å². The number of amides is 1. The predicted octanol–water partition coefficient (Wildman–Crippen LogP) is 4.55. The second-order valence-electron chi connectivity index (χ2n) is 6.54. The first-order chi connectivity index (χ1) is 13.4. The monoisotopic (exact) mass is 405 g/mol. The predicted molar refractivity (Wildman–Crippen MR) is 112 cm³/mol. The van der Waals surface area contributed by atoms with Crippen molar-refractivity contribution < 1.29 is 14.3 Å². The van der Waals surface area contributed by atoms with Gasteiger partial charge >= 0.3 is 0 Å². The highest BCUT2D eigenvalue weighted by molar-refractivity contribution is 6.31. The minimum Gasteiger partial charge on any atom is -0.497 e. The topological polar surface area (TPSA) is 65.4 Å². The molecular weight excluding hydrogens is 378 g/mol. The van der Waals surface area contributed by atoms with Gasteiger partial charge in [-0.15, -0.1) is 0 Å². The molecule has 1 aromatic heterocycles. The first-order valence-electron chi connectivity index (χ1n) is 9.34. The van der Waals surface area contributed by atoms with Crippen molar-refractivity contribution in [2.75, 3.05) is 14.2 Å². The lowest BCUT2D eigenvalue weighted by Gasteiger charge is -2.17. The second-order valence-corrected chi connectivity index (χ2v) is 6.90. The van der Waals surface area contributed by atoms with Gasteiger partial charge in [0.1, 0.15) is 16.7 Å². The first kappa shape index (κ1) is 21.8. The highest BCUT2D eigenvalue weighted by Crippen LogP contribution is 2.29. The van der Waals surface area contributed by atoms with E-state index in [1.54, 1.807) is 25.0 Å². The Morgan fingerprint density at radius 3 is 2.75 bits per heavy atom. The summed E-state index contributed by atoms with van der Waals surface area (Å²) in [7, 11) is 3.20. The van der Waals surface area contributed by atoms with E-state index in [0.717, 1.165) is 36.2 Å². The van der Waals surface area contributed by atoms with Crippen LogP contribution in [0.3, 0.4) is 0 Å². The summed E-state index contributed by atoms with van der Waals surface area (Å²) in [5, 5.41) is 7.94. The Balaban J connectivity index is 2.11. The van der Waals surface area contributed by atoms with Crippen LogP contribution in [-0.2, 0) is 11.3 Å². The summed E-state index contributed by atoms with van der Waals surface area (Å²) in [5.74, 6) is 1.16. The van der Waals surface area contributed by atoms with Crippen LogP contribution in [0.25, 0.3) is 6.08 Å². The van der Waals surface area contributed by atoms with Gasteiger partial charge in [-0.3, -0.25) is 9.48 Å². The lowest BCUT2D eigenvalue weighted by molar-refractivity contribution is -0.117. The molecule has 7 heteroatoms. The van der Waals surface area contributed by atoms with Crippen LogP contribution < -0.4 is 14.8 Å². The molecule has 0 radical (unpaired) electrons. The molecule has 0 spiro atoms. The van der Waals surface area contributed by atoms with E-state index in [0.29, 0.717) is 16.7 Å². The van der Waals surface area contributed by atoms with Crippen molar-refractivity contribution in [3.63, 3.8) is 0 Å². The van der Waals surface area contributed by atoms with Crippen molar-refractivity contribution in [1.82, 2.24) is 15.1 Å². The Labute approximate surface area is 171 Å². The van der Waals surface area contributed by atoms with Gasteiger partial charge in [-0.25, -0.2) is 0 Å². The minimum absolute atomic E-state index is 0.228. The zero-order valence-corrected chi connectivity index (χ0v) is 17.8. The maximum Gasteiger partial charge on any atom is 0.244 e. The molecule has 2 rings (SSSR count). The van der Waals surface area contributed by atoms with Crippen LogP contribution in [0.15, 0.2) is 24.3 Å². The zero-order valence-electron chi connectivity index (χ0n) is 17.1. The van der Waals surface area contributed by atoms with E-state index in [9.17, 15) is 4.79 Å². The number of aromatic nitrogens is 2. The van der Waals surface area contributed by atoms with Gasteiger partial charge in [0.15, 0.2) is 0 Å². The molecule has 0 aliphatic heterocycles. The lowest BCUT2D eigenvalue weighted by Crippen LogP contribution is -2.25. The summed E-state index contributed by atoms with van der Waals surface area (Å²) in [6, 6.07) is 5.23. The number of unbranched alkanes of at least 4 members (excludes halogenated alkanes) is 1. The van der Waals surface area contributed by atoms with Gasteiger partial charge < -0.3 is 14.8 Å². The average molecular weight is 406 g/mol. The number of aryl methyl sites for hydroxylation is 2. The van der Waals surface area contributed by atoms with Gasteiger partial charge in [0.05, 0.1) is 26.0 Å². The molecule has 1 heterocycles.